The molecule has 0 saturated carbocycles. The SMILES string of the molecule is C=C(/C(C)=C\C=C/N)c1ncccc1C. The standard InChI is InChI=1S/C13H16N2/c1-10(6-4-8-14)12(3)13-11(2)7-5-9-15-13/h4-9H,3,14H2,1-2H3/b8-4-,10-6-. The van der Waals surface area contributed by atoms with Crippen molar-refractivity contribution in [3.8, 4) is 0 Å². The Bertz CT molecular complexity index is 414. The van der Waals surface area contributed by atoms with Crippen LogP contribution in [0.5, 0.6) is 0 Å². The summed E-state index contributed by atoms with van der Waals surface area (Å²) in [6.45, 7) is 8.06. The maximum absolute atomic E-state index is 5.28. The molecule has 2 heteroatoms. The molecule has 0 saturated heterocycles. The van der Waals surface area contributed by atoms with Gasteiger partial charge in [0, 0.05) is 6.20 Å². The van der Waals surface area contributed by atoms with Crippen LogP contribution in [0, 0.1) is 6.92 Å². The molecule has 0 aliphatic carbocycles. The summed E-state index contributed by atoms with van der Waals surface area (Å²) in [6, 6.07) is 3.95. The Labute approximate surface area is 90.8 Å². The van der Waals surface area contributed by atoms with E-state index in [2.05, 4.69) is 11.6 Å². The van der Waals surface area contributed by atoms with Crippen molar-refractivity contribution in [2.24, 2.45) is 5.73 Å². The monoisotopic (exact) mass is 200 g/mol. The maximum atomic E-state index is 5.28. The van der Waals surface area contributed by atoms with Crippen LogP contribution in [-0.2, 0) is 0 Å². The molecule has 1 heterocycles. The normalized spacial score (nSPS) is 12.0. The van der Waals surface area contributed by atoms with Gasteiger partial charge in [-0.15, -0.1) is 0 Å². The third-order valence-corrected chi connectivity index (χ3v) is 2.23. The third-order valence-electron chi connectivity index (χ3n) is 2.23. The highest BCUT2D eigenvalue weighted by Crippen LogP contribution is 2.21. The Kier molecular flexibility index (Phi) is 3.86. The van der Waals surface area contributed by atoms with Gasteiger partial charge in [0.15, 0.2) is 0 Å². The lowest BCUT2D eigenvalue weighted by Gasteiger charge is -2.07. The molecule has 0 spiro atoms. The van der Waals surface area contributed by atoms with E-state index in [1.807, 2.05) is 32.1 Å². The van der Waals surface area contributed by atoms with Crippen molar-refractivity contribution in [2.45, 2.75) is 13.8 Å². The van der Waals surface area contributed by atoms with E-state index in [4.69, 9.17) is 5.73 Å². The van der Waals surface area contributed by atoms with Crippen molar-refractivity contribution >= 4 is 5.57 Å². The summed E-state index contributed by atoms with van der Waals surface area (Å²) in [5.41, 5.74) is 9.35. The van der Waals surface area contributed by atoms with Gasteiger partial charge in [0.25, 0.3) is 0 Å². The fourth-order valence-electron chi connectivity index (χ4n) is 1.29. The van der Waals surface area contributed by atoms with Crippen LogP contribution in [0.25, 0.3) is 5.57 Å². The zero-order valence-corrected chi connectivity index (χ0v) is 9.20. The first-order valence-corrected chi connectivity index (χ1v) is 4.83. The lowest BCUT2D eigenvalue weighted by Crippen LogP contribution is -1.92. The van der Waals surface area contributed by atoms with Gasteiger partial charge in [-0.1, -0.05) is 18.7 Å². The maximum Gasteiger partial charge on any atom is 0.0727 e. The van der Waals surface area contributed by atoms with Crippen LogP contribution in [-0.4, -0.2) is 4.98 Å². The number of hydrogen-bond acceptors (Lipinski definition) is 2. The van der Waals surface area contributed by atoms with Gasteiger partial charge < -0.3 is 5.73 Å². The number of aromatic nitrogens is 1. The fourth-order valence-corrected chi connectivity index (χ4v) is 1.29. The summed E-state index contributed by atoms with van der Waals surface area (Å²) < 4.78 is 0. The molecular formula is C13H16N2. The van der Waals surface area contributed by atoms with Gasteiger partial charge in [-0.3, -0.25) is 4.98 Å². The highest BCUT2D eigenvalue weighted by atomic mass is 14.7. The van der Waals surface area contributed by atoms with E-state index in [0.717, 1.165) is 22.4 Å². The molecule has 2 nitrogen and oxygen atoms in total. The van der Waals surface area contributed by atoms with Gasteiger partial charge in [0.05, 0.1) is 5.69 Å². The van der Waals surface area contributed by atoms with Gasteiger partial charge in [0.2, 0.25) is 0 Å². The molecule has 0 aromatic carbocycles. The van der Waals surface area contributed by atoms with E-state index in [1.165, 1.54) is 6.20 Å². The van der Waals surface area contributed by atoms with Crippen LogP contribution >= 0.6 is 0 Å². The summed E-state index contributed by atoms with van der Waals surface area (Å²) in [7, 11) is 0. The molecule has 0 aliphatic rings. The number of nitrogens with zero attached hydrogens (tertiary/aromatic N) is 1. The van der Waals surface area contributed by atoms with Crippen molar-refractivity contribution in [1.29, 1.82) is 0 Å². The molecule has 78 valence electrons. The zero-order chi connectivity index (χ0) is 11.3. The molecular weight excluding hydrogens is 184 g/mol. The topological polar surface area (TPSA) is 38.9 Å². The van der Waals surface area contributed by atoms with Gasteiger partial charge >= 0.3 is 0 Å². The number of allylic oxidation sites excluding steroid dienone is 4. The van der Waals surface area contributed by atoms with Crippen molar-refractivity contribution < 1.29 is 0 Å². The molecule has 1 aromatic heterocycles. The van der Waals surface area contributed by atoms with Crippen molar-refractivity contribution in [3.63, 3.8) is 0 Å². The van der Waals surface area contributed by atoms with E-state index in [0.29, 0.717) is 0 Å². The smallest absolute Gasteiger partial charge is 0.0727 e. The molecule has 15 heavy (non-hydrogen) atoms. The highest BCUT2D eigenvalue weighted by Gasteiger charge is 2.04. The lowest BCUT2D eigenvalue weighted by molar-refractivity contribution is 1.21. The van der Waals surface area contributed by atoms with Crippen LogP contribution in [0.1, 0.15) is 18.2 Å². The fraction of sp³-hybridized carbons (Fsp3) is 0.154. The second-order valence-corrected chi connectivity index (χ2v) is 3.38. The minimum absolute atomic E-state index is 0.936. The Hall–Kier alpha value is -1.83. The van der Waals surface area contributed by atoms with E-state index in [1.54, 1.807) is 12.3 Å². The average molecular weight is 200 g/mol. The van der Waals surface area contributed by atoms with Gasteiger partial charge in [-0.05, 0) is 48.9 Å². The number of aryl methyl sites for hydroxylation is 1. The first-order chi connectivity index (χ1) is 7.16. The summed E-state index contributed by atoms with van der Waals surface area (Å²) >= 11 is 0. The number of nitrogens with two attached hydrogens (primary N) is 1. The molecule has 0 radical (unpaired) electrons. The van der Waals surface area contributed by atoms with E-state index in [-0.39, 0.29) is 0 Å². The van der Waals surface area contributed by atoms with E-state index < -0.39 is 0 Å². The molecule has 1 rings (SSSR count). The largest absolute Gasteiger partial charge is 0.405 e. The summed E-state index contributed by atoms with van der Waals surface area (Å²) in [6.07, 6.45) is 7.00. The van der Waals surface area contributed by atoms with Crippen molar-refractivity contribution in [2.75, 3.05) is 0 Å². The average Bonchev–Trinajstić information content (AvgIpc) is 2.25. The van der Waals surface area contributed by atoms with Gasteiger partial charge in [-0.25, -0.2) is 0 Å². The molecule has 0 atom stereocenters. The van der Waals surface area contributed by atoms with Crippen LogP contribution in [0.15, 0.2) is 48.8 Å². The van der Waals surface area contributed by atoms with Crippen molar-refractivity contribution in [1.82, 2.24) is 4.98 Å². The molecule has 1 aromatic rings. The van der Waals surface area contributed by atoms with Crippen LogP contribution in [0.3, 0.4) is 0 Å². The number of hydrogen-bond donors (Lipinski definition) is 1. The Morgan fingerprint density at radius 2 is 2.27 bits per heavy atom. The predicted molar refractivity (Wildman–Crippen MR) is 65.1 cm³/mol. The lowest BCUT2D eigenvalue weighted by atomic mass is 10.0. The minimum atomic E-state index is 0.936. The highest BCUT2D eigenvalue weighted by molar-refractivity contribution is 5.76. The first-order valence-electron chi connectivity index (χ1n) is 4.83. The van der Waals surface area contributed by atoms with Crippen molar-refractivity contribution in [3.05, 3.63) is 60.1 Å². The molecule has 2 N–H and O–H groups in total. The minimum Gasteiger partial charge on any atom is -0.405 e. The molecule has 0 aliphatic heterocycles. The Morgan fingerprint density at radius 3 is 2.87 bits per heavy atom. The van der Waals surface area contributed by atoms with E-state index >= 15 is 0 Å². The molecule has 0 fully saturated rings. The first kappa shape index (κ1) is 11.2. The van der Waals surface area contributed by atoms with Gasteiger partial charge in [-0.2, -0.15) is 0 Å². The number of rotatable bonds is 3. The Morgan fingerprint density at radius 1 is 1.53 bits per heavy atom. The summed E-state index contributed by atoms with van der Waals surface area (Å²) in [5.74, 6) is 0. The third kappa shape index (κ3) is 2.81. The van der Waals surface area contributed by atoms with Gasteiger partial charge in [0.1, 0.15) is 0 Å². The summed E-state index contributed by atoms with van der Waals surface area (Å²) in [5, 5.41) is 0. The quantitative estimate of drug-likeness (QED) is 0.762. The van der Waals surface area contributed by atoms with Crippen LogP contribution in [0.4, 0.5) is 0 Å². The van der Waals surface area contributed by atoms with Crippen LogP contribution < -0.4 is 5.73 Å². The predicted octanol–water partition coefficient (Wildman–Crippen LogP) is 2.82. The van der Waals surface area contributed by atoms with E-state index in [9.17, 15) is 0 Å². The zero-order valence-electron chi connectivity index (χ0n) is 9.20. The molecule has 0 unspecified atom stereocenters. The molecule has 0 amide bonds. The molecule has 0 bridgehead atoms. The second kappa shape index (κ2) is 5.15. The number of pyridine rings is 1. The Balaban J connectivity index is 3.00. The summed E-state index contributed by atoms with van der Waals surface area (Å²) in [4.78, 5) is 4.31. The second-order valence-electron chi connectivity index (χ2n) is 3.38. The van der Waals surface area contributed by atoms with Crippen LogP contribution in [0.2, 0.25) is 0 Å².